The number of thioether (sulfide) groups is 1. The van der Waals surface area contributed by atoms with Gasteiger partial charge >= 0.3 is 0 Å². The lowest BCUT2D eigenvalue weighted by molar-refractivity contribution is -0.121. The van der Waals surface area contributed by atoms with Crippen LogP contribution in [0.2, 0.25) is 5.02 Å². The maximum Gasteiger partial charge on any atom is 0.277 e. The van der Waals surface area contributed by atoms with E-state index in [0.29, 0.717) is 16.1 Å². The van der Waals surface area contributed by atoms with Gasteiger partial charge in [-0.15, -0.1) is 10.2 Å². The Morgan fingerprint density at radius 3 is 2.61 bits per heavy atom. The van der Waals surface area contributed by atoms with Gasteiger partial charge < -0.3 is 9.73 Å². The lowest BCUT2D eigenvalue weighted by Crippen LogP contribution is -2.46. The van der Waals surface area contributed by atoms with Crippen LogP contribution in [0, 0.1) is 0 Å². The van der Waals surface area contributed by atoms with E-state index in [9.17, 15) is 4.79 Å². The van der Waals surface area contributed by atoms with Crippen molar-refractivity contribution in [3.63, 3.8) is 0 Å². The molecule has 7 heteroatoms. The van der Waals surface area contributed by atoms with Crippen LogP contribution in [0.4, 0.5) is 0 Å². The number of halogens is 1. The fourth-order valence-electron chi connectivity index (χ4n) is 1.69. The zero-order valence-corrected chi connectivity index (χ0v) is 15.2. The molecule has 0 fully saturated rings. The van der Waals surface area contributed by atoms with Gasteiger partial charge in [0.2, 0.25) is 11.8 Å². The minimum absolute atomic E-state index is 0.0481. The van der Waals surface area contributed by atoms with Crippen molar-refractivity contribution in [2.75, 3.05) is 0 Å². The van der Waals surface area contributed by atoms with Gasteiger partial charge in [0.1, 0.15) is 0 Å². The molecule has 0 spiro atoms. The molecule has 0 aliphatic heterocycles. The Labute approximate surface area is 145 Å². The van der Waals surface area contributed by atoms with Crippen molar-refractivity contribution in [3.8, 4) is 11.5 Å². The molecule has 1 unspecified atom stereocenters. The Morgan fingerprint density at radius 2 is 2.00 bits per heavy atom. The summed E-state index contributed by atoms with van der Waals surface area (Å²) in [5.41, 5.74) is 0.563. The van der Waals surface area contributed by atoms with E-state index in [1.165, 1.54) is 11.8 Å². The predicted octanol–water partition coefficient (Wildman–Crippen LogP) is 4.18. The number of benzene rings is 1. The second kappa shape index (κ2) is 7.36. The first kappa shape index (κ1) is 17.8. The third-order valence-corrected chi connectivity index (χ3v) is 4.68. The van der Waals surface area contributed by atoms with Gasteiger partial charge in [-0.05, 0) is 51.5 Å². The molecule has 2 aromatic rings. The fraction of sp³-hybridized carbons (Fsp3) is 0.438. The number of nitrogens with zero attached hydrogens (tertiary/aromatic N) is 2. The highest BCUT2D eigenvalue weighted by Crippen LogP contribution is 2.27. The number of hydrogen-bond acceptors (Lipinski definition) is 5. The minimum Gasteiger partial charge on any atom is -0.411 e. The molecule has 0 bridgehead atoms. The molecular formula is C16H20ClN3O2S. The van der Waals surface area contributed by atoms with Crippen LogP contribution in [-0.4, -0.2) is 26.9 Å². The Hall–Kier alpha value is -1.53. The molecule has 124 valence electrons. The highest BCUT2D eigenvalue weighted by Gasteiger charge is 2.24. The molecular weight excluding hydrogens is 334 g/mol. The van der Waals surface area contributed by atoms with Crippen LogP contribution in [-0.2, 0) is 4.79 Å². The summed E-state index contributed by atoms with van der Waals surface area (Å²) in [7, 11) is 0. The second-order valence-electron chi connectivity index (χ2n) is 5.87. The maximum atomic E-state index is 12.2. The van der Waals surface area contributed by atoms with E-state index in [-0.39, 0.29) is 16.7 Å². The molecule has 0 saturated heterocycles. The SMILES string of the molecule is CCC(C)(C)NC(=O)C(C)Sc1nnc(-c2ccc(Cl)cc2)o1. The number of nitrogens with one attached hydrogen (secondary N) is 1. The number of carbonyl (C=O) groups excluding carboxylic acids is 1. The third-order valence-electron chi connectivity index (χ3n) is 3.49. The normalized spacial score (nSPS) is 12.9. The second-order valence-corrected chi connectivity index (χ2v) is 7.60. The van der Waals surface area contributed by atoms with E-state index in [4.69, 9.17) is 16.0 Å². The Kier molecular flexibility index (Phi) is 5.70. The number of amides is 1. The summed E-state index contributed by atoms with van der Waals surface area (Å²) >= 11 is 7.10. The summed E-state index contributed by atoms with van der Waals surface area (Å²) < 4.78 is 5.60. The summed E-state index contributed by atoms with van der Waals surface area (Å²) in [6.07, 6.45) is 0.859. The van der Waals surface area contributed by atoms with Gasteiger partial charge in [-0.25, -0.2) is 0 Å². The molecule has 1 heterocycles. The van der Waals surface area contributed by atoms with Crippen molar-refractivity contribution in [1.82, 2.24) is 15.5 Å². The fourth-order valence-corrected chi connectivity index (χ4v) is 2.50. The largest absolute Gasteiger partial charge is 0.411 e. The molecule has 0 radical (unpaired) electrons. The molecule has 0 saturated carbocycles. The first-order valence-corrected chi connectivity index (χ1v) is 8.64. The lowest BCUT2D eigenvalue weighted by atomic mass is 10.0. The van der Waals surface area contributed by atoms with E-state index in [1.54, 1.807) is 12.1 Å². The van der Waals surface area contributed by atoms with Crippen molar-refractivity contribution >= 4 is 29.3 Å². The zero-order chi connectivity index (χ0) is 17.0. The smallest absolute Gasteiger partial charge is 0.277 e. The predicted molar refractivity (Wildman–Crippen MR) is 92.6 cm³/mol. The Morgan fingerprint density at radius 1 is 1.35 bits per heavy atom. The van der Waals surface area contributed by atoms with Crippen LogP contribution in [0.1, 0.15) is 34.1 Å². The molecule has 23 heavy (non-hydrogen) atoms. The minimum atomic E-state index is -0.320. The van der Waals surface area contributed by atoms with Gasteiger partial charge in [0.05, 0.1) is 5.25 Å². The van der Waals surface area contributed by atoms with Crippen molar-refractivity contribution < 1.29 is 9.21 Å². The van der Waals surface area contributed by atoms with Gasteiger partial charge in [0.15, 0.2) is 0 Å². The number of rotatable bonds is 6. The maximum absolute atomic E-state index is 12.2. The van der Waals surface area contributed by atoms with Gasteiger partial charge in [-0.1, -0.05) is 30.3 Å². The van der Waals surface area contributed by atoms with E-state index in [2.05, 4.69) is 15.5 Å². The molecule has 1 aromatic heterocycles. The van der Waals surface area contributed by atoms with E-state index in [0.717, 1.165) is 12.0 Å². The summed E-state index contributed by atoms with van der Waals surface area (Å²) in [6, 6.07) is 7.14. The standard InChI is InChI=1S/C16H20ClN3O2S/c1-5-16(3,4)18-13(21)10(2)23-15-20-19-14(22-15)11-6-8-12(17)9-7-11/h6-10H,5H2,1-4H3,(H,18,21). The van der Waals surface area contributed by atoms with Crippen LogP contribution >= 0.6 is 23.4 Å². The zero-order valence-electron chi connectivity index (χ0n) is 13.6. The average Bonchev–Trinajstić information content (AvgIpc) is 2.96. The Bertz CT molecular complexity index is 670. The van der Waals surface area contributed by atoms with Gasteiger partial charge in [0.25, 0.3) is 5.22 Å². The van der Waals surface area contributed by atoms with E-state index in [1.807, 2.05) is 39.8 Å². The van der Waals surface area contributed by atoms with Crippen molar-refractivity contribution in [2.24, 2.45) is 0 Å². The highest BCUT2D eigenvalue weighted by atomic mass is 35.5. The molecule has 2 rings (SSSR count). The Balaban J connectivity index is 2.01. The highest BCUT2D eigenvalue weighted by molar-refractivity contribution is 8.00. The molecule has 1 aromatic carbocycles. The summed E-state index contributed by atoms with van der Waals surface area (Å²) in [4.78, 5) is 12.2. The summed E-state index contributed by atoms with van der Waals surface area (Å²) in [6.45, 7) is 7.84. The van der Waals surface area contributed by atoms with Crippen LogP contribution in [0.15, 0.2) is 33.9 Å². The molecule has 0 aliphatic rings. The molecule has 1 atom stereocenters. The van der Waals surface area contributed by atoms with Crippen LogP contribution in [0.25, 0.3) is 11.5 Å². The van der Waals surface area contributed by atoms with Crippen molar-refractivity contribution in [3.05, 3.63) is 29.3 Å². The van der Waals surface area contributed by atoms with E-state index >= 15 is 0 Å². The lowest BCUT2D eigenvalue weighted by Gasteiger charge is -2.25. The first-order chi connectivity index (χ1) is 10.8. The summed E-state index contributed by atoms with van der Waals surface area (Å²) in [5, 5.41) is 11.7. The molecule has 1 amide bonds. The number of aromatic nitrogens is 2. The topological polar surface area (TPSA) is 68.0 Å². The third kappa shape index (κ3) is 4.97. The van der Waals surface area contributed by atoms with Crippen molar-refractivity contribution in [1.29, 1.82) is 0 Å². The van der Waals surface area contributed by atoms with Crippen LogP contribution in [0.3, 0.4) is 0 Å². The average molecular weight is 354 g/mol. The summed E-state index contributed by atoms with van der Waals surface area (Å²) in [5.74, 6) is 0.360. The molecule has 5 nitrogen and oxygen atoms in total. The van der Waals surface area contributed by atoms with Gasteiger partial charge in [-0.2, -0.15) is 0 Å². The number of hydrogen-bond donors (Lipinski definition) is 1. The molecule has 0 aliphatic carbocycles. The van der Waals surface area contributed by atoms with Crippen LogP contribution in [0.5, 0.6) is 0 Å². The van der Waals surface area contributed by atoms with Crippen LogP contribution < -0.4 is 5.32 Å². The molecule has 1 N–H and O–H groups in total. The monoisotopic (exact) mass is 353 g/mol. The number of carbonyl (C=O) groups is 1. The first-order valence-electron chi connectivity index (χ1n) is 7.39. The quantitative estimate of drug-likeness (QED) is 0.789. The van der Waals surface area contributed by atoms with Gasteiger partial charge in [-0.3, -0.25) is 4.79 Å². The van der Waals surface area contributed by atoms with Crippen molar-refractivity contribution in [2.45, 2.75) is 50.1 Å². The van der Waals surface area contributed by atoms with E-state index < -0.39 is 0 Å². The van der Waals surface area contributed by atoms with Gasteiger partial charge in [0, 0.05) is 16.1 Å².